The molecule has 0 aliphatic heterocycles. The molecule has 1 heteroatoms. The third kappa shape index (κ3) is 2.35. The van der Waals surface area contributed by atoms with Gasteiger partial charge in [-0.15, -0.1) is 0 Å². The van der Waals surface area contributed by atoms with E-state index in [0.717, 1.165) is 12.5 Å². The molecule has 1 nitrogen and oxygen atoms in total. The molecule has 0 unspecified atom stereocenters. The topological polar surface area (TPSA) is 12.0 Å². The van der Waals surface area contributed by atoms with Gasteiger partial charge in [-0.05, 0) is 24.3 Å². The second kappa shape index (κ2) is 3.65. The maximum absolute atomic E-state index is 4.02. The van der Waals surface area contributed by atoms with Crippen LogP contribution in [-0.4, -0.2) is 0 Å². The van der Waals surface area contributed by atoms with Crippen LogP contribution in [0.15, 0.2) is 42.6 Å². The van der Waals surface area contributed by atoms with Gasteiger partial charge in [0.1, 0.15) is 0 Å². The molecule has 1 aromatic rings. The molecule has 2 rings (SSSR count). The van der Waals surface area contributed by atoms with E-state index in [4.69, 9.17) is 0 Å². The molecule has 1 saturated carbocycles. The van der Waals surface area contributed by atoms with Crippen LogP contribution in [0.5, 0.6) is 0 Å². The van der Waals surface area contributed by atoms with Gasteiger partial charge in [0.05, 0.1) is 0 Å². The number of hydrogen-bond donors (Lipinski definition) is 1. The lowest BCUT2D eigenvalue weighted by Crippen LogP contribution is -2.12. The molecule has 1 fully saturated rings. The molecule has 0 saturated heterocycles. The third-order valence-corrected chi connectivity index (χ3v) is 2.43. The largest absolute Gasteiger partial charge is 0.385 e. The highest BCUT2D eigenvalue weighted by Crippen LogP contribution is 2.34. The van der Waals surface area contributed by atoms with Gasteiger partial charge in [-0.25, -0.2) is 0 Å². The van der Waals surface area contributed by atoms with E-state index in [0.29, 0.717) is 0 Å². The molecule has 0 amide bonds. The van der Waals surface area contributed by atoms with E-state index >= 15 is 0 Å². The Labute approximate surface area is 79.5 Å². The normalized spacial score (nSPS) is 15.4. The average molecular weight is 173 g/mol. The highest BCUT2D eigenvalue weighted by molar-refractivity contribution is 5.16. The molecule has 1 aromatic carbocycles. The van der Waals surface area contributed by atoms with Crippen molar-refractivity contribution in [2.45, 2.75) is 19.4 Å². The fraction of sp³-hybridized carbons (Fsp3) is 0.333. The van der Waals surface area contributed by atoms with E-state index in [1.54, 1.807) is 0 Å². The quantitative estimate of drug-likeness (QED) is 0.738. The van der Waals surface area contributed by atoms with E-state index in [9.17, 15) is 0 Å². The van der Waals surface area contributed by atoms with Gasteiger partial charge in [0.25, 0.3) is 0 Å². The van der Waals surface area contributed by atoms with Gasteiger partial charge in [0, 0.05) is 12.2 Å². The van der Waals surface area contributed by atoms with E-state index in [1.165, 1.54) is 24.1 Å². The fourth-order valence-electron chi connectivity index (χ4n) is 1.39. The fourth-order valence-corrected chi connectivity index (χ4v) is 1.39. The summed E-state index contributed by atoms with van der Waals surface area (Å²) in [7, 11) is 0. The van der Waals surface area contributed by atoms with Crippen molar-refractivity contribution in [1.29, 1.82) is 0 Å². The molecule has 0 aromatic heterocycles. The molecular weight excluding hydrogens is 158 g/mol. The molecule has 1 N–H and O–H groups in total. The molecule has 1 aliphatic carbocycles. The number of benzene rings is 1. The van der Waals surface area contributed by atoms with Crippen molar-refractivity contribution in [3.63, 3.8) is 0 Å². The predicted octanol–water partition coefficient (Wildman–Crippen LogP) is 2.70. The van der Waals surface area contributed by atoms with Crippen molar-refractivity contribution in [2.75, 3.05) is 0 Å². The van der Waals surface area contributed by atoms with E-state index in [1.807, 2.05) is 6.07 Å². The summed E-state index contributed by atoms with van der Waals surface area (Å²) in [5.41, 5.74) is 2.54. The minimum Gasteiger partial charge on any atom is -0.385 e. The van der Waals surface area contributed by atoms with Crippen LogP contribution < -0.4 is 5.32 Å². The van der Waals surface area contributed by atoms with Crippen LogP contribution in [0.2, 0.25) is 0 Å². The summed E-state index contributed by atoms with van der Waals surface area (Å²) in [6.45, 7) is 4.93. The van der Waals surface area contributed by atoms with Crippen molar-refractivity contribution in [1.82, 2.24) is 5.32 Å². The lowest BCUT2D eigenvalue weighted by Gasteiger charge is -2.07. The van der Waals surface area contributed by atoms with Gasteiger partial charge < -0.3 is 5.32 Å². The Morgan fingerprint density at radius 1 is 1.31 bits per heavy atom. The molecule has 0 atom stereocenters. The lowest BCUT2D eigenvalue weighted by atomic mass is 10.2. The Kier molecular flexibility index (Phi) is 2.35. The van der Waals surface area contributed by atoms with Crippen LogP contribution in [0.25, 0.3) is 0 Å². The first-order valence-electron chi connectivity index (χ1n) is 4.83. The van der Waals surface area contributed by atoms with Gasteiger partial charge in [-0.3, -0.25) is 0 Å². The summed E-state index contributed by atoms with van der Waals surface area (Å²) in [5.74, 6) is 0.753. The van der Waals surface area contributed by atoms with Crippen LogP contribution in [0.1, 0.15) is 18.4 Å². The number of hydrogen-bond acceptors (Lipinski definition) is 1. The standard InChI is InChI=1S/C12H15N/c1-10(12-7-8-12)13-9-11-5-3-2-4-6-11/h2-6,12-13H,1,7-9H2. The van der Waals surface area contributed by atoms with E-state index < -0.39 is 0 Å². The summed E-state index contributed by atoms with van der Waals surface area (Å²) < 4.78 is 0. The van der Waals surface area contributed by atoms with Gasteiger partial charge >= 0.3 is 0 Å². The highest BCUT2D eigenvalue weighted by atomic mass is 14.9. The van der Waals surface area contributed by atoms with Crippen LogP contribution in [-0.2, 0) is 6.54 Å². The molecule has 68 valence electrons. The summed E-state index contributed by atoms with van der Waals surface area (Å²) in [5, 5.41) is 3.37. The predicted molar refractivity (Wildman–Crippen MR) is 55.1 cm³/mol. The zero-order valence-corrected chi connectivity index (χ0v) is 7.79. The highest BCUT2D eigenvalue weighted by Gasteiger charge is 2.23. The Balaban J connectivity index is 1.82. The SMILES string of the molecule is C=C(NCc1ccccc1)C1CC1. The average Bonchev–Trinajstić information content (AvgIpc) is 2.99. The first kappa shape index (κ1) is 8.36. The summed E-state index contributed by atoms with van der Waals surface area (Å²) in [6, 6.07) is 10.4. The lowest BCUT2D eigenvalue weighted by molar-refractivity contribution is 0.747. The van der Waals surface area contributed by atoms with E-state index in [2.05, 4.69) is 36.2 Å². The molecule has 0 heterocycles. The maximum atomic E-state index is 4.02. The van der Waals surface area contributed by atoms with Crippen molar-refractivity contribution in [3.05, 3.63) is 48.2 Å². The Morgan fingerprint density at radius 2 is 2.00 bits per heavy atom. The molecule has 0 spiro atoms. The minimum absolute atomic E-state index is 0.753. The third-order valence-electron chi connectivity index (χ3n) is 2.43. The molecule has 13 heavy (non-hydrogen) atoms. The van der Waals surface area contributed by atoms with Crippen molar-refractivity contribution < 1.29 is 0 Å². The number of rotatable bonds is 4. The Hall–Kier alpha value is -1.24. The monoisotopic (exact) mass is 173 g/mol. The van der Waals surface area contributed by atoms with Gasteiger partial charge in [-0.2, -0.15) is 0 Å². The number of allylic oxidation sites excluding steroid dienone is 1. The smallest absolute Gasteiger partial charge is 0.0397 e. The minimum atomic E-state index is 0.753. The first-order valence-corrected chi connectivity index (χ1v) is 4.83. The first-order chi connectivity index (χ1) is 6.36. The van der Waals surface area contributed by atoms with Crippen LogP contribution >= 0.6 is 0 Å². The Morgan fingerprint density at radius 3 is 2.62 bits per heavy atom. The van der Waals surface area contributed by atoms with Crippen LogP contribution in [0, 0.1) is 5.92 Å². The number of nitrogens with one attached hydrogen (secondary N) is 1. The van der Waals surface area contributed by atoms with Crippen LogP contribution in [0.4, 0.5) is 0 Å². The Bertz CT molecular complexity index is 285. The second-order valence-electron chi connectivity index (χ2n) is 3.64. The maximum Gasteiger partial charge on any atom is 0.0397 e. The molecular formula is C12H15N. The zero-order chi connectivity index (χ0) is 9.10. The summed E-state index contributed by atoms with van der Waals surface area (Å²) >= 11 is 0. The second-order valence-corrected chi connectivity index (χ2v) is 3.64. The molecule has 0 bridgehead atoms. The summed E-state index contributed by atoms with van der Waals surface area (Å²) in [6.07, 6.45) is 2.64. The van der Waals surface area contributed by atoms with Crippen molar-refractivity contribution in [3.8, 4) is 0 Å². The molecule has 0 radical (unpaired) electrons. The van der Waals surface area contributed by atoms with Gasteiger partial charge in [0.15, 0.2) is 0 Å². The summed E-state index contributed by atoms with van der Waals surface area (Å²) in [4.78, 5) is 0. The van der Waals surface area contributed by atoms with Crippen molar-refractivity contribution in [2.24, 2.45) is 5.92 Å². The van der Waals surface area contributed by atoms with Crippen LogP contribution in [0.3, 0.4) is 0 Å². The van der Waals surface area contributed by atoms with Gasteiger partial charge in [-0.1, -0.05) is 36.9 Å². The van der Waals surface area contributed by atoms with Gasteiger partial charge in [0.2, 0.25) is 0 Å². The molecule has 1 aliphatic rings. The van der Waals surface area contributed by atoms with Crippen molar-refractivity contribution >= 4 is 0 Å². The zero-order valence-electron chi connectivity index (χ0n) is 7.79. The van der Waals surface area contributed by atoms with E-state index in [-0.39, 0.29) is 0 Å².